The van der Waals surface area contributed by atoms with Crippen molar-refractivity contribution in [2.45, 2.75) is 13.3 Å². The van der Waals surface area contributed by atoms with Gasteiger partial charge in [-0.25, -0.2) is 4.98 Å². The first-order chi connectivity index (χ1) is 8.79. The van der Waals surface area contributed by atoms with E-state index in [-0.39, 0.29) is 0 Å². The van der Waals surface area contributed by atoms with Crippen LogP contribution in [0, 0.1) is 0 Å². The first-order valence-corrected chi connectivity index (χ1v) is 6.16. The summed E-state index contributed by atoms with van der Waals surface area (Å²) in [6.45, 7) is 2.06. The quantitative estimate of drug-likeness (QED) is 0.694. The zero-order chi connectivity index (χ0) is 12.5. The van der Waals surface area contributed by atoms with E-state index >= 15 is 0 Å². The van der Waals surface area contributed by atoms with E-state index in [2.05, 4.69) is 16.9 Å². The third kappa shape index (κ3) is 1.77. The first kappa shape index (κ1) is 11.2. The highest BCUT2D eigenvalue weighted by atomic mass is 35.5. The number of benzene rings is 1. The Kier molecular flexibility index (Phi) is 2.76. The number of pyridine rings is 1. The summed E-state index contributed by atoms with van der Waals surface area (Å²) in [7, 11) is 0. The average Bonchev–Trinajstić information content (AvgIpc) is 2.82. The van der Waals surface area contributed by atoms with E-state index in [0.29, 0.717) is 17.1 Å². The summed E-state index contributed by atoms with van der Waals surface area (Å²) in [4.78, 5) is 8.56. The van der Waals surface area contributed by atoms with Gasteiger partial charge in [-0.15, -0.1) is 0 Å². The molecule has 3 rings (SSSR count). The molecule has 0 N–H and O–H groups in total. The van der Waals surface area contributed by atoms with Crippen LogP contribution in [-0.2, 0) is 6.42 Å². The van der Waals surface area contributed by atoms with Gasteiger partial charge < -0.3 is 4.42 Å². The van der Waals surface area contributed by atoms with Crippen LogP contribution in [0.1, 0.15) is 12.5 Å². The Labute approximate surface area is 109 Å². The van der Waals surface area contributed by atoms with E-state index in [1.165, 1.54) is 0 Å². The van der Waals surface area contributed by atoms with Crippen molar-refractivity contribution in [1.29, 1.82) is 0 Å². The Hall–Kier alpha value is -1.87. The summed E-state index contributed by atoms with van der Waals surface area (Å²) in [5.74, 6) is 0.572. The molecule has 0 saturated heterocycles. The molecular weight excluding hydrogens is 248 g/mol. The molecule has 0 amide bonds. The van der Waals surface area contributed by atoms with Gasteiger partial charge >= 0.3 is 0 Å². The van der Waals surface area contributed by atoms with Gasteiger partial charge in [0.1, 0.15) is 0 Å². The summed E-state index contributed by atoms with van der Waals surface area (Å²) < 4.78 is 5.72. The zero-order valence-corrected chi connectivity index (χ0v) is 10.6. The molecule has 0 radical (unpaired) electrons. The van der Waals surface area contributed by atoms with Gasteiger partial charge in [-0.1, -0.05) is 24.6 Å². The van der Waals surface area contributed by atoms with E-state index in [1.54, 1.807) is 6.20 Å². The van der Waals surface area contributed by atoms with Gasteiger partial charge in [-0.05, 0) is 36.2 Å². The summed E-state index contributed by atoms with van der Waals surface area (Å²) in [5.41, 5.74) is 3.29. The minimum Gasteiger partial charge on any atom is -0.434 e. The van der Waals surface area contributed by atoms with Gasteiger partial charge in [0.25, 0.3) is 0 Å². The van der Waals surface area contributed by atoms with Crippen molar-refractivity contribution in [2.24, 2.45) is 0 Å². The Morgan fingerprint density at radius 1 is 1.22 bits per heavy atom. The van der Waals surface area contributed by atoms with Crippen LogP contribution in [0.4, 0.5) is 0 Å². The lowest BCUT2D eigenvalue weighted by molar-refractivity contribution is 0.618. The van der Waals surface area contributed by atoms with Crippen molar-refractivity contribution in [3.8, 4) is 11.5 Å². The lowest BCUT2D eigenvalue weighted by Gasteiger charge is -2.05. The van der Waals surface area contributed by atoms with Crippen LogP contribution in [0.15, 0.2) is 40.9 Å². The van der Waals surface area contributed by atoms with Crippen LogP contribution in [0.25, 0.3) is 22.7 Å². The predicted octanol–water partition coefficient (Wildman–Crippen LogP) is 4.11. The fourth-order valence-corrected chi connectivity index (χ4v) is 2.31. The number of rotatable bonds is 2. The molecule has 0 fully saturated rings. The maximum Gasteiger partial charge on any atom is 0.229 e. The molecule has 0 unspecified atom stereocenters. The normalized spacial score (nSPS) is 11.0. The predicted molar refractivity (Wildman–Crippen MR) is 71.6 cm³/mol. The van der Waals surface area contributed by atoms with Crippen LogP contribution in [0.5, 0.6) is 0 Å². The lowest BCUT2D eigenvalue weighted by atomic mass is 10.1. The van der Waals surface area contributed by atoms with E-state index in [9.17, 15) is 0 Å². The van der Waals surface area contributed by atoms with E-state index in [4.69, 9.17) is 16.0 Å². The zero-order valence-electron chi connectivity index (χ0n) is 9.85. The second-order valence-corrected chi connectivity index (χ2v) is 4.37. The Morgan fingerprint density at radius 3 is 2.89 bits per heavy atom. The van der Waals surface area contributed by atoms with Gasteiger partial charge in [0.2, 0.25) is 5.89 Å². The van der Waals surface area contributed by atoms with Gasteiger partial charge in [-0.2, -0.15) is 4.98 Å². The molecule has 4 heteroatoms. The molecule has 1 aromatic carbocycles. The van der Waals surface area contributed by atoms with Crippen molar-refractivity contribution in [2.75, 3.05) is 0 Å². The fraction of sp³-hybridized carbons (Fsp3) is 0.143. The Bertz CT molecular complexity index is 673. The van der Waals surface area contributed by atoms with Crippen LogP contribution < -0.4 is 0 Å². The molecule has 18 heavy (non-hydrogen) atoms. The number of hydrogen-bond acceptors (Lipinski definition) is 3. The first-order valence-electron chi connectivity index (χ1n) is 5.79. The highest BCUT2D eigenvalue weighted by molar-refractivity contribution is 6.31. The third-order valence-corrected chi connectivity index (χ3v) is 3.22. The standard InChI is InChI=1S/C14H11ClN2O/c1-2-9-10(5-3-6-11(9)15)14-17-13-12(18-14)7-4-8-16-13/h3-8H,2H2,1H3. The highest BCUT2D eigenvalue weighted by Gasteiger charge is 2.13. The minimum atomic E-state index is 0.572. The number of aromatic nitrogens is 2. The summed E-state index contributed by atoms with van der Waals surface area (Å²) >= 11 is 6.19. The monoisotopic (exact) mass is 258 g/mol. The molecule has 0 aliphatic heterocycles. The molecular formula is C14H11ClN2O. The molecule has 2 aromatic heterocycles. The van der Waals surface area contributed by atoms with Gasteiger partial charge in [-0.3, -0.25) is 0 Å². The van der Waals surface area contributed by atoms with Gasteiger partial charge in [0.15, 0.2) is 11.2 Å². The summed E-state index contributed by atoms with van der Waals surface area (Å²) in [6, 6.07) is 9.43. The second kappa shape index (κ2) is 4.42. The smallest absolute Gasteiger partial charge is 0.229 e. The SMILES string of the molecule is CCc1c(Cl)cccc1-c1nc2ncccc2o1. The van der Waals surface area contributed by atoms with E-state index in [0.717, 1.165) is 22.6 Å². The van der Waals surface area contributed by atoms with Crippen molar-refractivity contribution in [1.82, 2.24) is 9.97 Å². The summed E-state index contributed by atoms with van der Waals surface area (Å²) in [6.07, 6.45) is 2.54. The molecule has 0 spiro atoms. The molecule has 0 atom stereocenters. The number of nitrogens with zero attached hydrogens (tertiary/aromatic N) is 2. The molecule has 0 aliphatic carbocycles. The average molecular weight is 259 g/mol. The number of halogens is 1. The van der Waals surface area contributed by atoms with Crippen molar-refractivity contribution in [3.05, 3.63) is 47.1 Å². The third-order valence-electron chi connectivity index (χ3n) is 2.87. The van der Waals surface area contributed by atoms with E-state index in [1.807, 2.05) is 30.3 Å². The van der Waals surface area contributed by atoms with Crippen LogP contribution in [0.3, 0.4) is 0 Å². The Morgan fingerprint density at radius 2 is 2.11 bits per heavy atom. The number of fused-ring (bicyclic) bond motifs is 1. The maximum atomic E-state index is 6.19. The largest absolute Gasteiger partial charge is 0.434 e. The topological polar surface area (TPSA) is 38.9 Å². The van der Waals surface area contributed by atoms with Crippen LogP contribution in [0.2, 0.25) is 5.02 Å². The summed E-state index contributed by atoms with van der Waals surface area (Å²) in [5, 5.41) is 0.741. The molecule has 2 heterocycles. The highest BCUT2D eigenvalue weighted by Crippen LogP contribution is 2.30. The van der Waals surface area contributed by atoms with Crippen molar-refractivity contribution < 1.29 is 4.42 Å². The van der Waals surface area contributed by atoms with Crippen LogP contribution in [-0.4, -0.2) is 9.97 Å². The van der Waals surface area contributed by atoms with Crippen LogP contribution >= 0.6 is 11.6 Å². The molecule has 0 bridgehead atoms. The molecule has 0 saturated carbocycles. The van der Waals surface area contributed by atoms with Crippen molar-refractivity contribution in [3.63, 3.8) is 0 Å². The fourth-order valence-electron chi connectivity index (χ4n) is 2.00. The lowest BCUT2D eigenvalue weighted by Crippen LogP contribution is -1.89. The molecule has 0 aliphatic rings. The van der Waals surface area contributed by atoms with Gasteiger partial charge in [0.05, 0.1) is 0 Å². The Balaban J connectivity index is 2.23. The number of oxazole rings is 1. The second-order valence-electron chi connectivity index (χ2n) is 3.96. The van der Waals surface area contributed by atoms with Gasteiger partial charge in [0, 0.05) is 16.8 Å². The molecule has 3 aromatic rings. The molecule has 3 nitrogen and oxygen atoms in total. The van der Waals surface area contributed by atoms with E-state index < -0.39 is 0 Å². The minimum absolute atomic E-state index is 0.572. The molecule has 90 valence electrons. The van der Waals surface area contributed by atoms with Crippen molar-refractivity contribution >= 4 is 22.8 Å². The maximum absolute atomic E-state index is 6.19. The number of hydrogen-bond donors (Lipinski definition) is 0.